The molecule has 2 aromatic heterocycles. The molecule has 0 amide bonds. The normalized spacial score (nSPS) is 29.1. The van der Waals surface area contributed by atoms with Gasteiger partial charge in [-0.3, -0.25) is 0 Å². The lowest BCUT2D eigenvalue weighted by atomic mass is 10.1. The summed E-state index contributed by atoms with van der Waals surface area (Å²) in [7, 11) is 1.41. The highest BCUT2D eigenvalue weighted by Gasteiger charge is 2.44. The summed E-state index contributed by atoms with van der Waals surface area (Å²) in [5.74, 6) is 0.357. The molecule has 114 valence electrons. The van der Waals surface area contributed by atoms with Crippen LogP contribution in [0.1, 0.15) is 6.23 Å². The van der Waals surface area contributed by atoms with E-state index in [1.54, 1.807) is 0 Å². The molecule has 0 radical (unpaired) electrons. The highest BCUT2D eigenvalue weighted by Crippen LogP contribution is 2.34. The Morgan fingerprint density at radius 1 is 1.38 bits per heavy atom. The molecule has 0 aromatic carbocycles. The molecule has 0 bridgehead atoms. The standard InChI is InChI=1S/C11H15N5O5/c1-20-10-5-8(12)13-3-14-9(5)16(15-10)11-7(19)6(18)4(2-17)21-11/h3-4,6-7,11,17-19H,2H2,1H3,(H2,12,13,14). The molecule has 1 aliphatic rings. The summed E-state index contributed by atoms with van der Waals surface area (Å²) >= 11 is 0. The lowest BCUT2D eigenvalue weighted by molar-refractivity contribution is -0.0570. The highest BCUT2D eigenvalue weighted by atomic mass is 16.6. The Morgan fingerprint density at radius 3 is 2.76 bits per heavy atom. The fraction of sp³-hybridized carbons (Fsp3) is 0.545. The Kier molecular flexibility index (Phi) is 3.37. The van der Waals surface area contributed by atoms with Gasteiger partial charge < -0.3 is 30.5 Å². The topological polar surface area (TPSA) is 149 Å². The number of methoxy groups -OCH3 is 1. The van der Waals surface area contributed by atoms with E-state index in [4.69, 9.17) is 20.3 Å². The van der Waals surface area contributed by atoms with Crippen LogP contribution < -0.4 is 10.5 Å². The van der Waals surface area contributed by atoms with Crippen molar-refractivity contribution in [2.24, 2.45) is 0 Å². The van der Waals surface area contributed by atoms with Crippen LogP contribution in [0.15, 0.2) is 6.33 Å². The van der Waals surface area contributed by atoms with Crippen molar-refractivity contribution >= 4 is 16.9 Å². The van der Waals surface area contributed by atoms with Gasteiger partial charge in [-0.05, 0) is 0 Å². The first-order chi connectivity index (χ1) is 10.1. The molecule has 3 rings (SSSR count). The molecule has 1 fully saturated rings. The molecular weight excluding hydrogens is 282 g/mol. The van der Waals surface area contributed by atoms with Gasteiger partial charge in [0, 0.05) is 0 Å². The molecule has 3 heterocycles. The van der Waals surface area contributed by atoms with E-state index in [0.717, 1.165) is 0 Å². The number of nitrogens with two attached hydrogens (primary N) is 1. The second-order valence-electron chi connectivity index (χ2n) is 4.64. The van der Waals surface area contributed by atoms with E-state index in [-0.39, 0.29) is 11.7 Å². The third-order valence-corrected chi connectivity index (χ3v) is 3.44. The number of anilines is 1. The van der Waals surface area contributed by atoms with E-state index in [1.807, 2.05) is 0 Å². The van der Waals surface area contributed by atoms with Crippen molar-refractivity contribution in [3.8, 4) is 5.88 Å². The third kappa shape index (κ3) is 2.00. The first kappa shape index (κ1) is 13.9. The molecule has 0 spiro atoms. The minimum Gasteiger partial charge on any atom is -0.479 e. The molecule has 21 heavy (non-hydrogen) atoms. The number of ether oxygens (including phenoxy) is 2. The number of rotatable bonds is 3. The van der Waals surface area contributed by atoms with Gasteiger partial charge in [0.15, 0.2) is 11.9 Å². The number of aromatic nitrogens is 4. The molecule has 0 saturated carbocycles. The van der Waals surface area contributed by atoms with Gasteiger partial charge in [0.2, 0.25) is 5.88 Å². The molecule has 1 aliphatic heterocycles. The fourth-order valence-corrected chi connectivity index (χ4v) is 2.37. The van der Waals surface area contributed by atoms with Crippen molar-refractivity contribution in [1.29, 1.82) is 0 Å². The van der Waals surface area contributed by atoms with Crippen molar-refractivity contribution in [2.45, 2.75) is 24.5 Å². The minimum atomic E-state index is -1.27. The van der Waals surface area contributed by atoms with Crippen LogP contribution in [-0.2, 0) is 4.74 Å². The maximum Gasteiger partial charge on any atom is 0.246 e. The lowest BCUT2D eigenvalue weighted by Crippen LogP contribution is -2.33. The Hall–Kier alpha value is -2.01. The molecule has 10 nitrogen and oxygen atoms in total. The molecule has 4 unspecified atom stereocenters. The van der Waals surface area contributed by atoms with Crippen LogP contribution in [0, 0.1) is 0 Å². The van der Waals surface area contributed by atoms with Crippen LogP contribution in [0.3, 0.4) is 0 Å². The summed E-state index contributed by atoms with van der Waals surface area (Å²) in [5, 5.41) is 33.5. The molecule has 1 saturated heterocycles. The first-order valence-corrected chi connectivity index (χ1v) is 6.23. The van der Waals surface area contributed by atoms with Crippen molar-refractivity contribution in [3.63, 3.8) is 0 Å². The summed E-state index contributed by atoms with van der Waals surface area (Å²) in [6.07, 6.45) is -3.18. The Morgan fingerprint density at radius 2 is 2.14 bits per heavy atom. The molecule has 2 aromatic rings. The number of hydrogen-bond acceptors (Lipinski definition) is 9. The zero-order valence-corrected chi connectivity index (χ0v) is 11.1. The Bertz CT molecular complexity index is 662. The monoisotopic (exact) mass is 297 g/mol. The molecular formula is C11H15N5O5. The second kappa shape index (κ2) is 5.07. The number of nitrogens with zero attached hydrogens (tertiary/aromatic N) is 4. The zero-order valence-electron chi connectivity index (χ0n) is 11.1. The third-order valence-electron chi connectivity index (χ3n) is 3.44. The molecule has 0 aliphatic carbocycles. The zero-order chi connectivity index (χ0) is 15.1. The van der Waals surface area contributed by atoms with E-state index < -0.39 is 31.1 Å². The fourth-order valence-electron chi connectivity index (χ4n) is 2.37. The van der Waals surface area contributed by atoms with Crippen LogP contribution in [0.25, 0.3) is 11.0 Å². The van der Waals surface area contributed by atoms with Crippen LogP contribution in [0.2, 0.25) is 0 Å². The molecule has 4 atom stereocenters. The molecule has 10 heteroatoms. The smallest absolute Gasteiger partial charge is 0.246 e. The predicted molar refractivity (Wildman–Crippen MR) is 69.3 cm³/mol. The lowest BCUT2D eigenvalue weighted by Gasteiger charge is -2.15. The summed E-state index contributed by atoms with van der Waals surface area (Å²) in [5.41, 5.74) is 6.08. The summed E-state index contributed by atoms with van der Waals surface area (Å²) in [4.78, 5) is 7.92. The van der Waals surface area contributed by atoms with Crippen molar-refractivity contribution in [1.82, 2.24) is 19.7 Å². The van der Waals surface area contributed by atoms with Gasteiger partial charge in [-0.2, -0.15) is 0 Å². The SMILES string of the molecule is COc1nn(C2OC(CO)C(O)C2O)c2ncnc(N)c12. The van der Waals surface area contributed by atoms with Crippen molar-refractivity contribution < 1.29 is 24.8 Å². The average molecular weight is 297 g/mol. The van der Waals surface area contributed by atoms with E-state index in [2.05, 4.69) is 15.1 Å². The van der Waals surface area contributed by atoms with E-state index in [1.165, 1.54) is 18.1 Å². The van der Waals surface area contributed by atoms with Gasteiger partial charge >= 0.3 is 0 Å². The predicted octanol–water partition coefficient (Wildman–Crippen LogP) is -1.97. The maximum atomic E-state index is 10.1. The summed E-state index contributed by atoms with van der Waals surface area (Å²) in [6.45, 7) is -0.428. The van der Waals surface area contributed by atoms with Gasteiger partial charge in [0.05, 0.1) is 13.7 Å². The minimum absolute atomic E-state index is 0.176. The van der Waals surface area contributed by atoms with Gasteiger partial charge in [-0.1, -0.05) is 0 Å². The summed E-state index contributed by atoms with van der Waals surface area (Å²) in [6, 6.07) is 0. The van der Waals surface area contributed by atoms with Crippen molar-refractivity contribution in [2.75, 3.05) is 19.5 Å². The summed E-state index contributed by atoms with van der Waals surface area (Å²) < 4.78 is 11.8. The largest absolute Gasteiger partial charge is 0.479 e. The van der Waals surface area contributed by atoms with Crippen molar-refractivity contribution in [3.05, 3.63) is 6.33 Å². The Balaban J connectivity index is 2.11. The average Bonchev–Trinajstić information content (AvgIpc) is 2.99. The van der Waals surface area contributed by atoms with E-state index >= 15 is 0 Å². The van der Waals surface area contributed by atoms with Gasteiger partial charge in [0.1, 0.15) is 35.8 Å². The second-order valence-corrected chi connectivity index (χ2v) is 4.64. The van der Waals surface area contributed by atoms with Gasteiger partial charge in [0.25, 0.3) is 0 Å². The van der Waals surface area contributed by atoms with Crippen LogP contribution in [0.4, 0.5) is 5.82 Å². The van der Waals surface area contributed by atoms with E-state index in [0.29, 0.717) is 11.0 Å². The van der Waals surface area contributed by atoms with Gasteiger partial charge in [-0.25, -0.2) is 14.6 Å². The molecule has 5 N–H and O–H groups in total. The first-order valence-electron chi connectivity index (χ1n) is 6.23. The van der Waals surface area contributed by atoms with E-state index in [9.17, 15) is 10.2 Å². The highest BCUT2D eigenvalue weighted by molar-refractivity contribution is 5.90. The van der Waals surface area contributed by atoms with Gasteiger partial charge in [-0.15, -0.1) is 5.10 Å². The number of aliphatic hydroxyl groups excluding tert-OH is 3. The quantitative estimate of drug-likeness (QED) is 0.506. The van der Waals surface area contributed by atoms with Crippen LogP contribution in [-0.4, -0.2) is 67.1 Å². The number of nitrogen functional groups attached to an aromatic ring is 1. The number of fused-ring (bicyclic) bond motifs is 1. The number of aliphatic hydroxyl groups is 3. The maximum absolute atomic E-state index is 10.1. The Labute approximate surface area is 118 Å². The number of hydrogen-bond donors (Lipinski definition) is 4. The van der Waals surface area contributed by atoms with Crippen LogP contribution >= 0.6 is 0 Å². The van der Waals surface area contributed by atoms with Crippen LogP contribution in [0.5, 0.6) is 5.88 Å².